The lowest BCUT2D eigenvalue weighted by Crippen LogP contribution is -3.13. The van der Waals surface area contributed by atoms with E-state index in [9.17, 15) is 29.7 Å². The fourth-order valence-corrected chi connectivity index (χ4v) is 8.03. The van der Waals surface area contributed by atoms with E-state index in [4.69, 9.17) is 0 Å². The van der Waals surface area contributed by atoms with Crippen LogP contribution in [0.15, 0.2) is 0 Å². The van der Waals surface area contributed by atoms with E-state index in [1.807, 2.05) is 6.92 Å². The number of aliphatic carboxylic acids is 3. The molecule has 0 aromatic carbocycles. The van der Waals surface area contributed by atoms with Gasteiger partial charge >= 0.3 is 0 Å². The number of nitrogens with one attached hydrogen (secondary N) is 3. The highest BCUT2D eigenvalue weighted by molar-refractivity contribution is 5.64. The molecule has 0 fully saturated rings. The predicted octanol–water partition coefficient (Wildman–Crippen LogP) is 7.64. The molecule has 0 heterocycles. The molecule has 0 amide bonds. The van der Waals surface area contributed by atoms with Crippen LogP contribution in [0.1, 0.15) is 242 Å². The maximum atomic E-state index is 9.92. The van der Waals surface area contributed by atoms with Crippen molar-refractivity contribution in [3.8, 4) is 0 Å². The Morgan fingerprint density at radius 2 is 0.409 bits per heavy atom. The molecule has 9 nitrogen and oxygen atoms in total. The van der Waals surface area contributed by atoms with Gasteiger partial charge in [0.05, 0.1) is 58.9 Å². The lowest BCUT2D eigenvalue weighted by atomic mass is 10.1. The molecule has 0 unspecified atom stereocenters. The summed E-state index contributed by atoms with van der Waals surface area (Å²) in [7, 11) is 0. The van der Waals surface area contributed by atoms with Gasteiger partial charge in [-0.3, -0.25) is 0 Å². The number of carboxylic acid groups (broad SMARTS) is 3. The second-order valence-electron chi connectivity index (χ2n) is 23.2. The summed E-state index contributed by atoms with van der Waals surface area (Å²) in [6.45, 7) is 60.0. The van der Waals surface area contributed by atoms with E-state index in [1.54, 1.807) is 14.7 Å². The van der Waals surface area contributed by atoms with Crippen molar-refractivity contribution in [1.29, 1.82) is 0 Å². The van der Waals surface area contributed by atoms with E-state index < -0.39 is 17.9 Å². The fourth-order valence-electron chi connectivity index (χ4n) is 8.03. The smallest absolute Gasteiger partial charge is 0.0794 e. The van der Waals surface area contributed by atoms with Crippen LogP contribution in [0.3, 0.4) is 0 Å². The Labute approximate surface area is 414 Å². The normalized spacial score (nSPS) is 11.2. The number of quaternary nitrogens is 3. The third-order valence-corrected chi connectivity index (χ3v) is 9.98. The quantitative estimate of drug-likeness (QED) is 0.0580. The summed E-state index contributed by atoms with van der Waals surface area (Å²) >= 11 is 0. The Balaban J connectivity index is -0.000000165. The Bertz CT molecular complexity index is 854. The summed E-state index contributed by atoms with van der Waals surface area (Å²) in [4.78, 5) is 34.9. The van der Waals surface area contributed by atoms with Crippen molar-refractivity contribution in [1.82, 2.24) is 0 Å². The van der Waals surface area contributed by atoms with Gasteiger partial charge in [-0.1, -0.05) is 203 Å². The first kappa shape index (κ1) is 75.8. The monoisotopic (exact) mass is 946 g/mol. The third kappa shape index (κ3) is 85.6. The van der Waals surface area contributed by atoms with Crippen molar-refractivity contribution in [3.05, 3.63) is 0 Å². The number of carbonyl (C=O) groups is 3. The van der Waals surface area contributed by atoms with Crippen molar-refractivity contribution in [2.24, 2.45) is 53.3 Å². The summed E-state index contributed by atoms with van der Waals surface area (Å²) in [6, 6.07) is 0. The molecule has 0 bridgehead atoms. The van der Waals surface area contributed by atoms with Gasteiger partial charge in [0.15, 0.2) is 0 Å². The zero-order chi connectivity index (χ0) is 52.6. The first-order chi connectivity index (χ1) is 30.6. The lowest BCUT2D eigenvalue weighted by molar-refractivity contribution is -0.909. The van der Waals surface area contributed by atoms with Gasteiger partial charge in [0, 0.05) is 71.2 Å². The molecule has 0 aliphatic rings. The van der Waals surface area contributed by atoms with E-state index in [2.05, 4.69) is 138 Å². The van der Waals surface area contributed by atoms with Crippen LogP contribution in [0.2, 0.25) is 0 Å². The summed E-state index contributed by atoms with van der Waals surface area (Å²) in [5, 5.41) is 29.5. The van der Waals surface area contributed by atoms with Crippen molar-refractivity contribution in [2.45, 2.75) is 242 Å². The molecule has 9 heteroatoms. The van der Waals surface area contributed by atoms with Crippen LogP contribution >= 0.6 is 0 Å². The minimum Gasteiger partial charge on any atom is -0.550 e. The van der Waals surface area contributed by atoms with Crippen molar-refractivity contribution in [3.63, 3.8) is 0 Å². The van der Waals surface area contributed by atoms with Gasteiger partial charge in [-0.25, -0.2) is 0 Å². The molecule has 0 rings (SSSR count). The molecule has 0 saturated carbocycles. The van der Waals surface area contributed by atoms with Gasteiger partial charge < -0.3 is 44.4 Å². The molecule has 0 saturated heterocycles. The maximum Gasteiger partial charge on any atom is 0.0794 e. The minimum absolute atomic E-state index is 0.216. The SMILES string of the molecule is CC(C)C[NH+](CC(C)C)CC(C)C.CC(C)C[NH+](CC(C)C)CC(C)C.CC(C)C[NH+](CC(C)C)CC(C)C.CCCCCC(=O)[O-].CCCCCCC(=O)[O-].CCCCCCCC(=O)[O-]. The molecule has 0 atom stereocenters. The van der Waals surface area contributed by atoms with Crippen LogP contribution in [0.5, 0.6) is 0 Å². The number of hydrogen-bond donors (Lipinski definition) is 3. The fraction of sp³-hybridized carbons (Fsp3) is 0.947. The molecule has 0 aromatic heterocycles. The Morgan fingerprint density at radius 1 is 0.273 bits per heavy atom. The molecular weight excluding hydrogens is 823 g/mol. The topological polar surface area (TPSA) is 134 Å². The number of carbonyl (C=O) groups excluding carboxylic acids is 3. The Morgan fingerprint density at radius 3 is 0.561 bits per heavy atom. The second-order valence-corrected chi connectivity index (χ2v) is 23.2. The van der Waals surface area contributed by atoms with E-state index in [1.165, 1.54) is 71.7 Å². The van der Waals surface area contributed by atoms with Gasteiger partial charge in [0.2, 0.25) is 0 Å². The molecule has 0 spiro atoms. The minimum atomic E-state index is -0.932. The largest absolute Gasteiger partial charge is 0.550 e. The molecule has 0 aliphatic carbocycles. The first-order valence-electron chi connectivity index (χ1n) is 27.7. The van der Waals surface area contributed by atoms with Crippen molar-refractivity contribution >= 4 is 17.9 Å². The first-order valence-corrected chi connectivity index (χ1v) is 27.7. The predicted molar refractivity (Wildman–Crippen MR) is 282 cm³/mol. The molecule has 402 valence electrons. The van der Waals surface area contributed by atoms with Crippen LogP contribution < -0.4 is 30.0 Å². The second kappa shape index (κ2) is 54.2. The van der Waals surface area contributed by atoms with Gasteiger partial charge in [-0.15, -0.1) is 0 Å². The van der Waals surface area contributed by atoms with Crippen LogP contribution in [0, 0.1) is 53.3 Å². The zero-order valence-corrected chi connectivity index (χ0v) is 48.6. The maximum absolute atomic E-state index is 9.92. The summed E-state index contributed by atoms with van der Waals surface area (Å²) in [5.74, 6) is 4.66. The number of rotatable bonds is 33. The van der Waals surface area contributed by atoms with Gasteiger partial charge in [-0.05, 0) is 38.5 Å². The standard InChI is InChI=1S/3C12H27N.C8H16O2.C7H14O2.C6H12O2/c3*1-10(2)7-13(8-11(3)4)9-12(5)6;1-2-3-4-5-6-7-8(9)10;1-2-3-4-5-6-7(8)9;1-2-3-4-5-6(7)8/h3*10-12H,7-9H2,1-6H3;2-7H2,1H3,(H,9,10);2-6H2,1H3,(H,8,9);2-5H2,1H3,(H,7,8). The number of carboxylic acids is 3. The average Bonchev–Trinajstić information content (AvgIpc) is 3.12. The van der Waals surface area contributed by atoms with E-state index in [0.717, 1.165) is 117 Å². The highest BCUT2D eigenvalue weighted by Gasteiger charge is 2.16. The lowest BCUT2D eigenvalue weighted by Gasteiger charge is -2.24. The van der Waals surface area contributed by atoms with Crippen LogP contribution in [-0.4, -0.2) is 76.8 Å². The summed E-state index contributed by atoms with van der Waals surface area (Å²) in [5.41, 5.74) is 0. The van der Waals surface area contributed by atoms with Gasteiger partial charge in [-0.2, -0.15) is 0 Å². The van der Waals surface area contributed by atoms with Gasteiger partial charge in [0.25, 0.3) is 0 Å². The number of unbranched alkanes of at least 4 members (excludes halogenated alkanes) is 9. The number of hydrogen-bond acceptors (Lipinski definition) is 6. The molecule has 66 heavy (non-hydrogen) atoms. The van der Waals surface area contributed by atoms with Crippen LogP contribution in [0.25, 0.3) is 0 Å². The molecule has 0 aliphatic heterocycles. The third-order valence-electron chi connectivity index (χ3n) is 9.98. The summed E-state index contributed by atoms with van der Waals surface area (Å²) < 4.78 is 0. The molecule has 0 radical (unpaired) electrons. The van der Waals surface area contributed by atoms with Crippen molar-refractivity contribution < 1.29 is 44.4 Å². The summed E-state index contributed by atoms with van der Waals surface area (Å²) in [6.07, 6.45) is 12.9. The molecular formula is C57H123N3O6. The average molecular weight is 947 g/mol. The molecule has 3 N–H and O–H groups in total. The van der Waals surface area contributed by atoms with E-state index in [0.29, 0.717) is 0 Å². The van der Waals surface area contributed by atoms with Crippen LogP contribution in [-0.2, 0) is 14.4 Å². The van der Waals surface area contributed by atoms with Crippen LogP contribution in [0.4, 0.5) is 0 Å². The van der Waals surface area contributed by atoms with Gasteiger partial charge in [0.1, 0.15) is 0 Å². The highest BCUT2D eigenvalue weighted by atomic mass is 16.4. The highest BCUT2D eigenvalue weighted by Crippen LogP contribution is 2.04. The van der Waals surface area contributed by atoms with E-state index in [-0.39, 0.29) is 19.3 Å². The molecule has 0 aromatic rings. The zero-order valence-electron chi connectivity index (χ0n) is 48.6. The van der Waals surface area contributed by atoms with E-state index >= 15 is 0 Å². The van der Waals surface area contributed by atoms with Crippen molar-refractivity contribution in [2.75, 3.05) is 58.9 Å². The Hall–Kier alpha value is -1.71. The Kier molecular flexibility index (Phi) is 62.3.